The summed E-state index contributed by atoms with van der Waals surface area (Å²) in [6, 6.07) is 8.25. The van der Waals surface area contributed by atoms with Gasteiger partial charge in [0.15, 0.2) is 5.15 Å². The molecule has 0 unspecified atom stereocenters. The fourth-order valence-corrected chi connectivity index (χ4v) is 3.10. The van der Waals surface area contributed by atoms with Crippen molar-refractivity contribution in [1.82, 2.24) is 10.2 Å². The quantitative estimate of drug-likeness (QED) is 0.574. The van der Waals surface area contributed by atoms with E-state index >= 15 is 0 Å². The van der Waals surface area contributed by atoms with Crippen molar-refractivity contribution in [2.24, 2.45) is 0 Å². The molecule has 0 aliphatic rings. The molecule has 0 aliphatic heterocycles. The Labute approximate surface area is 152 Å². The number of rotatable bonds is 3. The van der Waals surface area contributed by atoms with E-state index in [2.05, 4.69) is 10.2 Å². The summed E-state index contributed by atoms with van der Waals surface area (Å²) in [7, 11) is 0. The van der Waals surface area contributed by atoms with E-state index in [1.807, 2.05) is 6.07 Å². The lowest BCUT2D eigenvalue weighted by Gasteiger charge is -2.15. The molecule has 0 bridgehead atoms. The van der Waals surface area contributed by atoms with Crippen molar-refractivity contribution >= 4 is 23.2 Å². The molecule has 25 heavy (non-hydrogen) atoms. The van der Waals surface area contributed by atoms with E-state index in [1.165, 1.54) is 0 Å². The number of aryl methyl sites for hydroxylation is 1. The van der Waals surface area contributed by atoms with Gasteiger partial charge >= 0.3 is 0 Å². The molecule has 0 radical (unpaired) electrons. The topological polar surface area (TPSA) is 25.8 Å². The van der Waals surface area contributed by atoms with Gasteiger partial charge in [0.1, 0.15) is 17.5 Å². The lowest BCUT2D eigenvalue weighted by atomic mass is 9.94. The van der Waals surface area contributed by atoms with Gasteiger partial charge in [-0.3, -0.25) is 0 Å². The van der Waals surface area contributed by atoms with Crippen molar-refractivity contribution < 1.29 is 13.2 Å². The third-order valence-corrected chi connectivity index (χ3v) is 4.26. The van der Waals surface area contributed by atoms with E-state index in [0.717, 1.165) is 5.56 Å². The first-order valence-electron chi connectivity index (χ1n) is 7.28. The van der Waals surface area contributed by atoms with Gasteiger partial charge in [0.2, 0.25) is 0 Å². The van der Waals surface area contributed by atoms with Crippen LogP contribution in [0.25, 0.3) is 11.1 Å². The van der Waals surface area contributed by atoms with Crippen molar-refractivity contribution in [2.45, 2.75) is 13.3 Å². The average Bonchev–Trinajstić information content (AvgIpc) is 2.52. The van der Waals surface area contributed by atoms with Crippen molar-refractivity contribution in [1.29, 1.82) is 0 Å². The largest absolute Gasteiger partial charge is 0.207 e. The van der Waals surface area contributed by atoms with Crippen LogP contribution in [-0.2, 0) is 6.42 Å². The van der Waals surface area contributed by atoms with Gasteiger partial charge in [0, 0.05) is 29.1 Å². The monoisotopic (exact) mass is 382 g/mol. The molecule has 3 rings (SSSR count). The molecule has 128 valence electrons. The lowest BCUT2D eigenvalue weighted by Crippen LogP contribution is -2.05. The Morgan fingerprint density at radius 3 is 2.24 bits per heavy atom. The maximum absolute atomic E-state index is 14.3. The summed E-state index contributed by atoms with van der Waals surface area (Å²) in [5.74, 6) is -3.12. The van der Waals surface area contributed by atoms with Gasteiger partial charge in [-0.1, -0.05) is 35.3 Å². The molecule has 0 saturated heterocycles. The highest BCUT2D eigenvalue weighted by Gasteiger charge is 2.22. The van der Waals surface area contributed by atoms with Crippen molar-refractivity contribution in [3.05, 3.63) is 80.8 Å². The number of hydrogen-bond donors (Lipinski definition) is 0. The predicted octanol–water partition coefficient (Wildman–Crippen LogP) is 5.77. The van der Waals surface area contributed by atoms with E-state index < -0.39 is 23.0 Å². The van der Waals surface area contributed by atoms with E-state index in [9.17, 15) is 13.2 Å². The van der Waals surface area contributed by atoms with Gasteiger partial charge in [0.05, 0.1) is 11.3 Å². The second kappa shape index (κ2) is 7.02. The van der Waals surface area contributed by atoms with E-state index in [1.54, 1.807) is 25.1 Å². The van der Waals surface area contributed by atoms with Crippen LogP contribution in [0.1, 0.15) is 16.8 Å². The molecule has 0 fully saturated rings. The van der Waals surface area contributed by atoms with Gasteiger partial charge in [-0.05, 0) is 30.2 Å². The van der Waals surface area contributed by atoms with Crippen LogP contribution in [0.15, 0.2) is 36.4 Å². The van der Waals surface area contributed by atoms with Gasteiger partial charge in [0.25, 0.3) is 0 Å². The first-order chi connectivity index (χ1) is 11.9. The summed E-state index contributed by atoms with van der Waals surface area (Å²) in [6.45, 7) is 1.66. The van der Waals surface area contributed by atoms with Crippen LogP contribution >= 0.6 is 23.2 Å². The minimum absolute atomic E-state index is 0.0594. The predicted molar refractivity (Wildman–Crippen MR) is 91.3 cm³/mol. The molecule has 0 atom stereocenters. The standard InChI is InChI=1S/C18H11Cl2F3N2/c1-9-13(6-10-3-2-4-11(19)5-10)16(18(20)25-24-9)17-14(22)7-12(21)8-15(17)23/h2-5,7-8H,6H2,1H3. The Kier molecular flexibility index (Phi) is 4.97. The summed E-state index contributed by atoms with van der Waals surface area (Å²) in [6.07, 6.45) is 0.285. The molecule has 0 N–H and O–H groups in total. The van der Waals surface area contributed by atoms with Gasteiger partial charge < -0.3 is 0 Å². The van der Waals surface area contributed by atoms with Crippen LogP contribution in [0.5, 0.6) is 0 Å². The third-order valence-electron chi connectivity index (χ3n) is 3.76. The van der Waals surface area contributed by atoms with Crippen LogP contribution in [0.3, 0.4) is 0 Å². The van der Waals surface area contributed by atoms with E-state index in [4.69, 9.17) is 23.2 Å². The molecule has 2 nitrogen and oxygen atoms in total. The molecule has 2 aromatic carbocycles. The average molecular weight is 383 g/mol. The number of aromatic nitrogens is 2. The fourth-order valence-electron chi connectivity index (χ4n) is 2.64. The highest BCUT2D eigenvalue weighted by atomic mass is 35.5. The summed E-state index contributed by atoms with van der Waals surface area (Å²) in [5, 5.41) is 8.04. The summed E-state index contributed by atoms with van der Waals surface area (Å²) >= 11 is 12.1. The minimum atomic E-state index is -1.06. The Balaban J connectivity index is 2.23. The number of halogens is 5. The SMILES string of the molecule is Cc1nnc(Cl)c(-c2c(F)cc(F)cc2F)c1Cc1cccc(Cl)c1. The highest BCUT2D eigenvalue weighted by Crippen LogP contribution is 2.36. The maximum atomic E-state index is 14.3. The number of nitrogens with zero attached hydrogens (tertiary/aromatic N) is 2. The smallest absolute Gasteiger partial charge is 0.160 e. The molecule has 3 aromatic rings. The Morgan fingerprint density at radius 2 is 1.60 bits per heavy atom. The number of benzene rings is 2. The Bertz CT molecular complexity index is 938. The zero-order valence-corrected chi connectivity index (χ0v) is 14.5. The zero-order valence-electron chi connectivity index (χ0n) is 13.0. The first kappa shape index (κ1) is 17.7. The lowest BCUT2D eigenvalue weighted by molar-refractivity contribution is 0.547. The summed E-state index contributed by atoms with van der Waals surface area (Å²) in [4.78, 5) is 0. The second-order valence-electron chi connectivity index (χ2n) is 5.48. The van der Waals surface area contributed by atoms with Crippen molar-refractivity contribution in [2.75, 3.05) is 0 Å². The van der Waals surface area contributed by atoms with E-state index in [0.29, 0.717) is 28.4 Å². The molecule has 1 heterocycles. The Morgan fingerprint density at radius 1 is 0.920 bits per heavy atom. The minimum Gasteiger partial charge on any atom is -0.207 e. The third kappa shape index (κ3) is 3.62. The molecule has 0 aliphatic carbocycles. The molecule has 7 heteroatoms. The maximum Gasteiger partial charge on any atom is 0.160 e. The van der Waals surface area contributed by atoms with Gasteiger partial charge in [-0.15, -0.1) is 5.10 Å². The molecule has 0 spiro atoms. The summed E-state index contributed by atoms with van der Waals surface area (Å²) in [5.41, 5.74) is 1.39. The molecular weight excluding hydrogens is 372 g/mol. The summed E-state index contributed by atoms with van der Waals surface area (Å²) < 4.78 is 41.8. The molecular formula is C18H11Cl2F3N2. The van der Waals surface area contributed by atoms with Crippen LogP contribution in [0.2, 0.25) is 10.2 Å². The van der Waals surface area contributed by atoms with Crippen LogP contribution in [0.4, 0.5) is 13.2 Å². The van der Waals surface area contributed by atoms with Crippen LogP contribution in [-0.4, -0.2) is 10.2 Å². The Hall–Kier alpha value is -2.11. The van der Waals surface area contributed by atoms with Crippen molar-refractivity contribution in [3.63, 3.8) is 0 Å². The van der Waals surface area contributed by atoms with Crippen LogP contribution < -0.4 is 0 Å². The highest BCUT2D eigenvalue weighted by molar-refractivity contribution is 6.32. The normalized spacial score (nSPS) is 11.0. The zero-order chi connectivity index (χ0) is 18.1. The molecule has 0 saturated carbocycles. The van der Waals surface area contributed by atoms with Gasteiger partial charge in [-0.2, -0.15) is 5.10 Å². The fraction of sp³-hybridized carbons (Fsp3) is 0.111. The molecule has 0 amide bonds. The van der Waals surface area contributed by atoms with Gasteiger partial charge in [-0.25, -0.2) is 13.2 Å². The second-order valence-corrected chi connectivity index (χ2v) is 6.28. The first-order valence-corrected chi connectivity index (χ1v) is 8.03. The number of hydrogen-bond acceptors (Lipinski definition) is 2. The van der Waals surface area contributed by atoms with Crippen LogP contribution in [0, 0.1) is 24.4 Å². The van der Waals surface area contributed by atoms with E-state index in [-0.39, 0.29) is 17.1 Å². The molecule has 1 aromatic heterocycles. The van der Waals surface area contributed by atoms with Crippen molar-refractivity contribution in [3.8, 4) is 11.1 Å².